The van der Waals surface area contributed by atoms with Crippen LogP contribution in [0.1, 0.15) is 17.9 Å². The van der Waals surface area contributed by atoms with Gasteiger partial charge in [0.1, 0.15) is 0 Å². The summed E-state index contributed by atoms with van der Waals surface area (Å²) in [6.45, 7) is 0. The van der Waals surface area contributed by atoms with Crippen LogP contribution in [0.3, 0.4) is 0 Å². The molecule has 1 saturated carbocycles. The summed E-state index contributed by atoms with van der Waals surface area (Å²) in [7, 11) is 0. The van der Waals surface area contributed by atoms with Crippen LogP contribution in [-0.4, -0.2) is 15.9 Å². The number of anilines is 1. The largest absolute Gasteiger partial charge is 0.324 e. The molecule has 0 spiro atoms. The van der Waals surface area contributed by atoms with Crippen molar-refractivity contribution < 1.29 is 4.79 Å². The summed E-state index contributed by atoms with van der Waals surface area (Å²) in [5, 5.41) is 3.50. The zero-order valence-corrected chi connectivity index (χ0v) is 12.5. The fraction of sp³-hybridized carbons (Fsp3) is 0.176. The number of hydrogen-bond donors (Lipinski definition) is 2. The summed E-state index contributed by atoms with van der Waals surface area (Å²) in [6.07, 6.45) is 0.891. The van der Waals surface area contributed by atoms with Gasteiger partial charge in [0.2, 0.25) is 11.9 Å². The molecule has 4 nitrogen and oxygen atoms in total. The van der Waals surface area contributed by atoms with E-state index in [1.54, 1.807) is 12.1 Å². The standard InChI is InChI=1S/C17H14ClN3O/c18-11-6-7-14-15(8-11)20-17(19-14)21-16(22)13-9-12(13)10-4-2-1-3-5-10/h1-8,12-13H,9H2,(H2,19,20,21,22). The van der Waals surface area contributed by atoms with Gasteiger partial charge in [-0.1, -0.05) is 41.9 Å². The van der Waals surface area contributed by atoms with Gasteiger partial charge < -0.3 is 4.98 Å². The number of aromatic amines is 1. The topological polar surface area (TPSA) is 57.8 Å². The summed E-state index contributed by atoms with van der Waals surface area (Å²) in [5.74, 6) is 0.833. The van der Waals surface area contributed by atoms with E-state index >= 15 is 0 Å². The van der Waals surface area contributed by atoms with Crippen molar-refractivity contribution in [3.63, 3.8) is 0 Å². The van der Waals surface area contributed by atoms with Gasteiger partial charge in [0.05, 0.1) is 11.0 Å². The van der Waals surface area contributed by atoms with Crippen molar-refractivity contribution in [2.24, 2.45) is 5.92 Å². The average Bonchev–Trinajstić information content (AvgIpc) is 3.23. The van der Waals surface area contributed by atoms with Gasteiger partial charge in [-0.25, -0.2) is 4.98 Å². The van der Waals surface area contributed by atoms with Gasteiger partial charge in [-0.3, -0.25) is 10.1 Å². The zero-order valence-electron chi connectivity index (χ0n) is 11.7. The van der Waals surface area contributed by atoms with E-state index in [9.17, 15) is 4.79 Å². The SMILES string of the molecule is O=C(Nc1nc2ccc(Cl)cc2[nH]1)C1CC1c1ccccc1. The van der Waals surface area contributed by atoms with Crippen molar-refractivity contribution >= 4 is 34.5 Å². The van der Waals surface area contributed by atoms with Crippen molar-refractivity contribution in [2.45, 2.75) is 12.3 Å². The highest BCUT2D eigenvalue weighted by Crippen LogP contribution is 2.47. The van der Waals surface area contributed by atoms with E-state index < -0.39 is 0 Å². The fourth-order valence-corrected chi connectivity index (χ4v) is 2.98. The first kappa shape index (κ1) is 13.3. The molecule has 0 bridgehead atoms. The van der Waals surface area contributed by atoms with Gasteiger partial charge in [-0.2, -0.15) is 0 Å². The molecule has 22 heavy (non-hydrogen) atoms. The van der Waals surface area contributed by atoms with E-state index in [1.807, 2.05) is 24.3 Å². The van der Waals surface area contributed by atoms with Crippen LogP contribution < -0.4 is 5.32 Å². The Balaban J connectivity index is 1.48. The summed E-state index contributed by atoms with van der Waals surface area (Å²) in [6, 6.07) is 15.5. The van der Waals surface area contributed by atoms with Gasteiger partial charge in [0, 0.05) is 10.9 Å². The lowest BCUT2D eigenvalue weighted by Crippen LogP contribution is -2.15. The van der Waals surface area contributed by atoms with E-state index in [2.05, 4.69) is 27.4 Å². The number of aromatic nitrogens is 2. The van der Waals surface area contributed by atoms with E-state index in [0.717, 1.165) is 17.5 Å². The number of hydrogen-bond acceptors (Lipinski definition) is 2. The number of benzene rings is 2. The maximum absolute atomic E-state index is 12.3. The number of amides is 1. The molecular weight excluding hydrogens is 298 g/mol. The van der Waals surface area contributed by atoms with E-state index in [0.29, 0.717) is 16.9 Å². The minimum Gasteiger partial charge on any atom is -0.324 e. The molecule has 110 valence electrons. The Morgan fingerprint density at radius 1 is 1.23 bits per heavy atom. The summed E-state index contributed by atoms with van der Waals surface area (Å²) in [4.78, 5) is 19.7. The molecule has 2 aromatic carbocycles. The van der Waals surface area contributed by atoms with Crippen molar-refractivity contribution in [1.29, 1.82) is 0 Å². The highest BCUT2D eigenvalue weighted by atomic mass is 35.5. The third-order valence-electron chi connectivity index (χ3n) is 4.04. The number of halogens is 1. The molecule has 2 N–H and O–H groups in total. The number of nitrogens with zero attached hydrogens (tertiary/aromatic N) is 1. The number of rotatable bonds is 3. The second-order valence-corrected chi connectivity index (χ2v) is 6.03. The van der Waals surface area contributed by atoms with Gasteiger partial charge in [0.15, 0.2) is 0 Å². The zero-order chi connectivity index (χ0) is 15.1. The molecule has 3 aromatic rings. The van der Waals surface area contributed by atoms with Crippen molar-refractivity contribution in [2.75, 3.05) is 5.32 Å². The minimum atomic E-state index is 0.0130. The Labute approximate surface area is 132 Å². The Bertz CT molecular complexity index is 843. The summed E-state index contributed by atoms with van der Waals surface area (Å²) < 4.78 is 0. The first-order valence-corrected chi connectivity index (χ1v) is 7.59. The Morgan fingerprint density at radius 2 is 2.05 bits per heavy atom. The van der Waals surface area contributed by atoms with Crippen LogP contribution in [0.2, 0.25) is 5.02 Å². The van der Waals surface area contributed by atoms with E-state index in [4.69, 9.17) is 11.6 Å². The van der Waals surface area contributed by atoms with Crippen LogP contribution >= 0.6 is 11.6 Å². The van der Waals surface area contributed by atoms with Crippen molar-refractivity contribution in [3.8, 4) is 0 Å². The number of carbonyl (C=O) groups excluding carboxylic acids is 1. The second kappa shape index (κ2) is 5.14. The molecular formula is C17H14ClN3O. The van der Waals surface area contributed by atoms with Crippen LogP contribution in [0, 0.1) is 5.92 Å². The van der Waals surface area contributed by atoms with Crippen LogP contribution in [-0.2, 0) is 4.79 Å². The normalized spacial score (nSPS) is 20.0. The number of fused-ring (bicyclic) bond motifs is 1. The Kier molecular flexibility index (Phi) is 3.12. The third kappa shape index (κ3) is 2.46. The van der Waals surface area contributed by atoms with Gasteiger partial charge >= 0.3 is 0 Å². The van der Waals surface area contributed by atoms with Crippen molar-refractivity contribution in [1.82, 2.24) is 9.97 Å². The molecule has 1 aliphatic carbocycles. The van der Waals surface area contributed by atoms with Crippen LogP contribution in [0.15, 0.2) is 48.5 Å². The molecule has 4 rings (SSSR count). The first-order chi connectivity index (χ1) is 10.7. The summed E-state index contributed by atoms with van der Waals surface area (Å²) in [5.41, 5.74) is 2.83. The summed E-state index contributed by atoms with van der Waals surface area (Å²) >= 11 is 5.95. The quantitative estimate of drug-likeness (QED) is 0.769. The van der Waals surface area contributed by atoms with Crippen molar-refractivity contribution in [3.05, 3.63) is 59.1 Å². The molecule has 1 heterocycles. The van der Waals surface area contributed by atoms with Gasteiger partial charge in [-0.05, 0) is 36.1 Å². The first-order valence-electron chi connectivity index (χ1n) is 7.22. The molecule has 0 saturated heterocycles. The number of carbonyl (C=O) groups is 1. The predicted octanol–water partition coefficient (Wildman–Crippen LogP) is 3.96. The van der Waals surface area contributed by atoms with E-state index in [1.165, 1.54) is 5.56 Å². The molecule has 1 fully saturated rings. The second-order valence-electron chi connectivity index (χ2n) is 5.60. The number of imidazole rings is 1. The lowest BCUT2D eigenvalue weighted by molar-refractivity contribution is -0.117. The predicted molar refractivity (Wildman–Crippen MR) is 87.0 cm³/mol. The maximum atomic E-state index is 12.3. The molecule has 1 amide bonds. The molecule has 2 atom stereocenters. The molecule has 0 aliphatic heterocycles. The Hall–Kier alpha value is -2.33. The fourth-order valence-electron chi connectivity index (χ4n) is 2.80. The monoisotopic (exact) mass is 311 g/mol. The number of H-pyrrole nitrogens is 1. The third-order valence-corrected chi connectivity index (χ3v) is 4.28. The van der Waals surface area contributed by atoms with Crippen LogP contribution in [0.5, 0.6) is 0 Å². The smallest absolute Gasteiger partial charge is 0.230 e. The van der Waals surface area contributed by atoms with Crippen LogP contribution in [0.4, 0.5) is 5.95 Å². The van der Waals surface area contributed by atoms with Crippen LogP contribution in [0.25, 0.3) is 11.0 Å². The van der Waals surface area contributed by atoms with E-state index in [-0.39, 0.29) is 11.8 Å². The molecule has 5 heteroatoms. The highest BCUT2D eigenvalue weighted by Gasteiger charge is 2.44. The van der Waals surface area contributed by atoms with Gasteiger partial charge in [-0.15, -0.1) is 0 Å². The lowest BCUT2D eigenvalue weighted by Gasteiger charge is -2.01. The molecule has 1 aromatic heterocycles. The average molecular weight is 312 g/mol. The minimum absolute atomic E-state index is 0.0130. The maximum Gasteiger partial charge on any atom is 0.230 e. The highest BCUT2D eigenvalue weighted by molar-refractivity contribution is 6.31. The molecule has 2 unspecified atom stereocenters. The lowest BCUT2D eigenvalue weighted by atomic mass is 10.1. The van der Waals surface area contributed by atoms with Gasteiger partial charge in [0.25, 0.3) is 0 Å². The number of nitrogens with one attached hydrogen (secondary N) is 2. The Morgan fingerprint density at radius 3 is 2.86 bits per heavy atom. The molecule has 1 aliphatic rings. The molecule has 0 radical (unpaired) electrons.